The summed E-state index contributed by atoms with van der Waals surface area (Å²) in [7, 11) is -3.87. The Morgan fingerprint density at radius 2 is 2.00 bits per heavy atom. The predicted octanol–water partition coefficient (Wildman–Crippen LogP) is -1.46. The average Bonchev–Trinajstić information content (AvgIpc) is 2.20. The minimum absolute atomic E-state index is 0.183. The van der Waals surface area contributed by atoms with E-state index in [1.165, 1.54) is 0 Å². The van der Waals surface area contributed by atoms with Gasteiger partial charge in [0.05, 0.1) is 0 Å². The fourth-order valence-electron chi connectivity index (χ4n) is 0.985. The van der Waals surface area contributed by atoms with Gasteiger partial charge in [-0.2, -0.15) is 13.1 Å². The molecule has 0 aliphatic carbocycles. The molecule has 0 bridgehead atoms. The number of rotatable bonds is 9. The lowest BCUT2D eigenvalue weighted by Crippen LogP contribution is -2.46. The van der Waals surface area contributed by atoms with Crippen molar-refractivity contribution in [3.8, 4) is 0 Å². The molecule has 5 N–H and O–H groups in total. The monoisotopic (exact) mass is 267 g/mol. The van der Waals surface area contributed by atoms with Crippen LogP contribution in [0, 0.1) is 0 Å². The minimum Gasteiger partial charge on any atom is -0.480 e. The molecule has 1 atom stereocenters. The van der Waals surface area contributed by atoms with Gasteiger partial charge in [0.15, 0.2) is 0 Å². The van der Waals surface area contributed by atoms with Crippen molar-refractivity contribution in [2.75, 3.05) is 6.54 Å². The van der Waals surface area contributed by atoms with Crippen LogP contribution in [0.2, 0.25) is 0 Å². The summed E-state index contributed by atoms with van der Waals surface area (Å²) in [5.41, 5.74) is 4.86. The molecule has 0 aromatic heterocycles. The Balaban J connectivity index is 4.43. The molecule has 0 fully saturated rings. The third kappa shape index (κ3) is 7.66. The molecule has 0 aliphatic rings. The molecule has 17 heavy (non-hydrogen) atoms. The lowest BCUT2D eigenvalue weighted by Gasteiger charge is -2.14. The van der Waals surface area contributed by atoms with Crippen molar-refractivity contribution in [1.82, 2.24) is 9.44 Å². The first-order valence-corrected chi connectivity index (χ1v) is 6.55. The summed E-state index contributed by atoms with van der Waals surface area (Å²) in [5, 5.41) is 8.77. The molecular weight excluding hydrogens is 250 g/mol. The fraction of sp³-hybridized carbons (Fsp3) is 0.750. The van der Waals surface area contributed by atoms with Crippen LogP contribution < -0.4 is 15.2 Å². The SMILES string of the molecule is CCCNS(=O)(=O)N[C@@H](CCC(N)=O)C(=O)O. The summed E-state index contributed by atoms with van der Waals surface area (Å²) in [6.45, 7) is 1.97. The van der Waals surface area contributed by atoms with Gasteiger partial charge in [-0.1, -0.05) is 6.92 Å². The van der Waals surface area contributed by atoms with Crippen LogP contribution in [0.15, 0.2) is 0 Å². The van der Waals surface area contributed by atoms with Gasteiger partial charge in [0.25, 0.3) is 10.2 Å². The van der Waals surface area contributed by atoms with E-state index in [4.69, 9.17) is 10.8 Å². The molecule has 8 nitrogen and oxygen atoms in total. The Morgan fingerprint density at radius 1 is 1.41 bits per heavy atom. The van der Waals surface area contributed by atoms with E-state index in [1.807, 2.05) is 4.72 Å². The minimum atomic E-state index is -3.87. The maximum atomic E-state index is 11.3. The lowest BCUT2D eigenvalue weighted by atomic mass is 10.2. The van der Waals surface area contributed by atoms with E-state index in [1.54, 1.807) is 6.92 Å². The van der Waals surface area contributed by atoms with Crippen LogP contribution in [-0.2, 0) is 19.8 Å². The number of carboxylic acid groups (broad SMARTS) is 1. The molecule has 9 heteroatoms. The van der Waals surface area contributed by atoms with E-state index < -0.39 is 28.1 Å². The summed E-state index contributed by atoms with van der Waals surface area (Å²) in [6.07, 6.45) is 0.199. The number of primary amides is 1. The maximum Gasteiger partial charge on any atom is 0.321 e. The summed E-state index contributed by atoms with van der Waals surface area (Å²) in [5.74, 6) is -2.04. The van der Waals surface area contributed by atoms with Gasteiger partial charge in [-0.15, -0.1) is 0 Å². The first-order valence-electron chi connectivity index (χ1n) is 5.06. The number of carbonyl (C=O) groups is 2. The van der Waals surface area contributed by atoms with Crippen molar-refractivity contribution in [3.63, 3.8) is 0 Å². The topological polar surface area (TPSA) is 139 Å². The molecule has 0 spiro atoms. The number of hydrogen-bond donors (Lipinski definition) is 4. The molecule has 100 valence electrons. The summed E-state index contributed by atoms with van der Waals surface area (Å²) >= 11 is 0. The highest BCUT2D eigenvalue weighted by atomic mass is 32.2. The van der Waals surface area contributed by atoms with Crippen LogP contribution in [-0.4, -0.2) is 38.0 Å². The largest absolute Gasteiger partial charge is 0.480 e. The van der Waals surface area contributed by atoms with Crippen LogP contribution in [0.25, 0.3) is 0 Å². The third-order valence-electron chi connectivity index (χ3n) is 1.82. The van der Waals surface area contributed by atoms with Crippen molar-refractivity contribution in [2.45, 2.75) is 32.2 Å². The van der Waals surface area contributed by atoms with Gasteiger partial charge in [0.1, 0.15) is 6.04 Å². The van der Waals surface area contributed by atoms with Gasteiger partial charge >= 0.3 is 5.97 Å². The zero-order valence-corrected chi connectivity index (χ0v) is 10.3. The van der Waals surface area contributed by atoms with Gasteiger partial charge in [-0.05, 0) is 12.8 Å². The zero-order chi connectivity index (χ0) is 13.5. The number of carboxylic acids is 1. The van der Waals surface area contributed by atoms with E-state index >= 15 is 0 Å². The third-order valence-corrected chi connectivity index (χ3v) is 3.00. The van der Waals surface area contributed by atoms with Crippen molar-refractivity contribution >= 4 is 22.1 Å². The van der Waals surface area contributed by atoms with Crippen LogP contribution in [0.3, 0.4) is 0 Å². The second-order valence-corrected chi connectivity index (χ2v) is 4.94. The molecule has 0 aromatic rings. The summed E-state index contributed by atoms with van der Waals surface area (Å²) in [4.78, 5) is 21.3. The first-order chi connectivity index (χ1) is 7.78. The molecule has 0 heterocycles. The number of hydrogen-bond acceptors (Lipinski definition) is 4. The summed E-state index contributed by atoms with van der Waals surface area (Å²) < 4.78 is 26.8. The van der Waals surface area contributed by atoms with E-state index in [9.17, 15) is 18.0 Å². The van der Waals surface area contributed by atoms with E-state index in [-0.39, 0.29) is 19.4 Å². The number of nitrogens with two attached hydrogens (primary N) is 1. The Morgan fingerprint density at radius 3 is 2.41 bits per heavy atom. The number of aliphatic carboxylic acids is 1. The highest BCUT2D eigenvalue weighted by molar-refractivity contribution is 7.87. The predicted molar refractivity (Wildman–Crippen MR) is 60.2 cm³/mol. The molecule has 0 saturated heterocycles. The van der Waals surface area contributed by atoms with Crippen LogP contribution >= 0.6 is 0 Å². The molecule has 0 saturated carbocycles. The van der Waals surface area contributed by atoms with Gasteiger partial charge in [0, 0.05) is 13.0 Å². The van der Waals surface area contributed by atoms with Crippen LogP contribution in [0.4, 0.5) is 0 Å². The normalized spacial score (nSPS) is 13.2. The number of carbonyl (C=O) groups excluding carboxylic acids is 1. The van der Waals surface area contributed by atoms with Crippen LogP contribution in [0.1, 0.15) is 26.2 Å². The second-order valence-electron chi connectivity index (χ2n) is 3.41. The number of amides is 1. The molecular formula is C8H17N3O5S. The Bertz CT molecular complexity index is 367. The van der Waals surface area contributed by atoms with Gasteiger partial charge in [0.2, 0.25) is 5.91 Å². The van der Waals surface area contributed by atoms with E-state index in [0.717, 1.165) is 0 Å². The summed E-state index contributed by atoms with van der Waals surface area (Å²) in [6, 6.07) is -1.36. The number of nitrogens with one attached hydrogen (secondary N) is 2. The average molecular weight is 267 g/mol. The second kappa shape index (κ2) is 7.20. The van der Waals surface area contributed by atoms with E-state index in [0.29, 0.717) is 6.42 Å². The fourth-order valence-corrected chi connectivity index (χ4v) is 2.13. The Hall–Kier alpha value is -1.19. The molecule has 0 radical (unpaired) electrons. The molecule has 0 rings (SSSR count). The highest BCUT2D eigenvalue weighted by Crippen LogP contribution is 1.99. The van der Waals surface area contributed by atoms with Crippen molar-refractivity contribution in [3.05, 3.63) is 0 Å². The Kier molecular flexibility index (Phi) is 6.69. The van der Waals surface area contributed by atoms with Crippen molar-refractivity contribution < 1.29 is 23.1 Å². The molecule has 0 unspecified atom stereocenters. The standard InChI is InChI=1S/C8H17N3O5S/c1-2-5-10-17(15,16)11-6(8(13)14)3-4-7(9)12/h6,10-11H,2-5H2,1H3,(H2,9,12)(H,13,14)/t6-/m0/s1. The highest BCUT2D eigenvalue weighted by Gasteiger charge is 2.23. The van der Waals surface area contributed by atoms with E-state index in [2.05, 4.69) is 4.72 Å². The van der Waals surface area contributed by atoms with Gasteiger partial charge < -0.3 is 10.8 Å². The quantitative estimate of drug-likeness (QED) is 0.404. The van der Waals surface area contributed by atoms with Gasteiger partial charge in [-0.25, -0.2) is 4.72 Å². The van der Waals surface area contributed by atoms with Gasteiger partial charge in [-0.3, -0.25) is 9.59 Å². The first kappa shape index (κ1) is 15.8. The smallest absolute Gasteiger partial charge is 0.321 e. The molecule has 1 amide bonds. The van der Waals surface area contributed by atoms with Crippen molar-refractivity contribution in [2.24, 2.45) is 5.73 Å². The zero-order valence-electron chi connectivity index (χ0n) is 9.47. The molecule has 0 aromatic carbocycles. The maximum absolute atomic E-state index is 11.3. The van der Waals surface area contributed by atoms with Crippen molar-refractivity contribution in [1.29, 1.82) is 0 Å². The molecule has 0 aliphatic heterocycles. The Labute approximate surface area is 99.7 Å². The lowest BCUT2D eigenvalue weighted by molar-refractivity contribution is -0.139. The van der Waals surface area contributed by atoms with Crippen LogP contribution in [0.5, 0.6) is 0 Å².